The number of anilines is 1. The lowest BCUT2D eigenvalue weighted by atomic mass is 10.1. The van der Waals surface area contributed by atoms with Gasteiger partial charge in [0.15, 0.2) is 0 Å². The third-order valence-electron chi connectivity index (χ3n) is 2.72. The van der Waals surface area contributed by atoms with Crippen molar-refractivity contribution in [2.24, 2.45) is 5.92 Å². The second-order valence-corrected chi connectivity index (χ2v) is 4.24. The second-order valence-electron chi connectivity index (χ2n) is 3.83. The van der Waals surface area contributed by atoms with Gasteiger partial charge < -0.3 is 10.6 Å². The Kier molecular flexibility index (Phi) is 1.70. The van der Waals surface area contributed by atoms with Gasteiger partial charge in [-0.1, -0.05) is 12.2 Å². The zero-order chi connectivity index (χ0) is 9.54. The maximum Gasteiger partial charge on any atom is 0.137 e. The fourth-order valence-electron chi connectivity index (χ4n) is 1.77. The van der Waals surface area contributed by atoms with Crippen LogP contribution < -0.4 is 10.6 Å². The Morgan fingerprint density at radius 2 is 2.21 bits per heavy atom. The molecule has 1 aromatic heterocycles. The van der Waals surface area contributed by atoms with E-state index in [1.165, 1.54) is 12.8 Å². The first-order chi connectivity index (χ1) is 6.84. The Balaban J connectivity index is 1.95. The maximum atomic E-state index is 5.29. The lowest BCUT2D eigenvalue weighted by molar-refractivity contribution is 0.595. The van der Waals surface area contributed by atoms with E-state index in [9.17, 15) is 0 Å². The smallest absolute Gasteiger partial charge is 0.137 e. The molecule has 4 heteroatoms. The fraction of sp³-hybridized carbons (Fsp3) is 0.400. The topological polar surface area (TPSA) is 37.0 Å². The largest absolute Gasteiger partial charge is 0.356 e. The summed E-state index contributed by atoms with van der Waals surface area (Å²) >= 11 is 5.29. The summed E-state index contributed by atoms with van der Waals surface area (Å²) in [5.41, 5.74) is 1.01. The molecule has 1 aliphatic carbocycles. The van der Waals surface area contributed by atoms with Gasteiger partial charge in [0.05, 0.1) is 5.56 Å². The van der Waals surface area contributed by atoms with Crippen molar-refractivity contribution in [2.75, 3.05) is 5.32 Å². The van der Waals surface area contributed by atoms with Crippen molar-refractivity contribution in [1.82, 2.24) is 10.3 Å². The van der Waals surface area contributed by atoms with Crippen molar-refractivity contribution >= 4 is 23.0 Å². The summed E-state index contributed by atoms with van der Waals surface area (Å²) in [5.74, 6) is 1.65. The van der Waals surface area contributed by atoms with E-state index in [0.29, 0.717) is 6.17 Å². The standard InChI is InChI=1S/C10H11N3S/c14-10-7-2-1-5-11-9(7)12-8(13-10)6-3-4-6/h1-2,5-6,8H,3-4H2,(H,11,12)(H,13,14). The van der Waals surface area contributed by atoms with Crippen molar-refractivity contribution in [3.63, 3.8) is 0 Å². The van der Waals surface area contributed by atoms with Gasteiger partial charge in [0, 0.05) is 6.20 Å². The highest BCUT2D eigenvalue weighted by Gasteiger charge is 2.34. The third kappa shape index (κ3) is 1.26. The van der Waals surface area contributed by atoms with Crippen LogP contribution in [0.25, 0.3) is 0 Å². The number of aromatic nitrogens is 1. The van der Waals surface area contributed by atoms with E-state index >= 15 is 0 Å². The number of rotatable bonds is 1. The first-order valence-corrected chi connectivity index (χ1v) is 5.28. The van der Waals surface area contributed by atoms with Gasteiger partial charge in [0.2, 0.25) is 0 Å². The molecule has 2 heterocycles. The van der Waals surface area contributed by atoms with E-state index < -0.39 is 0 Å². The molecule has 1 atom stereocenters. The van der Waals surface area contributed by atoms with Crippen LogP contribution in [0.3, 0.4) is 0 Å². The van der Waals surface area contributed by atoms with Crippen molar-refractivity contribution in [3.8, 4) is 0 Å². The van der Waals surface area contributed by atoms with E-state index in [1.54, 1.807) is 6.20 Å². The summed E-state index contributed by atoms with van der Waals surface area (Å²) in [6.07, 6.45) is 4.67. The molecule has 1 unspecified atom stereocenters. The molecule has 3 rings (SSSR count). The van der Waals surface area contributed by atoms with Crippen molar-refractivity contribution in [1.29, 1.82) is 0 Å². The molecule has 1 saturated carbocycles. The Labute approximate surface area is 87.9 Å². The molecular formula is C10H11N3S. The van der Waals surface area contributed by atoms with E-state index in [1.807, 2.05) is 12.1 Å². The monoisotopic (exact) mass is 205 g/mol. The molecule has 0 aromatic carbocycles. The van der Waals surface area contributed by atoms with E-state index in [2.05, 4.69) is 15.6 Å². The molecule has 2 N–H and O–H groups in total. The Morgan fingerprint density at radius 1 is 1.36 bits per heavy atom. The molecule has 0 bridgehead atoms. The summed E-state index contributed by atoms with van der Waals surface area (Å²) in [6.45, 7) is 0. The van der Waals surface area contributed by atoms with E-state index in [-0.39, 0.29) is 0 Å². The second kappa shape index (κ2) is 2.92. The van der Waals surface area contributed by atoms with Crippen molar-refractivity contribution in [2.45, 2.75) is 19.0 Å². The summed E-state index contributed by atoms with van der Waals surface area (Å²) < 4.78 is 0. The molecule has 14 heavy (non-hydrogen) atoms. The number of thiocarbonyl (C=S) groups is 1. The zero-order valence-corrected chi connectivity index (χ0v) is 8.47. The SMILES string of the molecule is S=C1NC(C2CC2)Nc2ncccc21. The van der Waals surface area contributed by atoms with Crippen LogP contribution in [0.1, 0.15) is 18.4 Å². The minimum absolute atomic E-state index is 0.296. The van der Waals surface area contributed by atoms with Crippen LogP contribution in [0.15, 0.2) is 18.3 Å². The highest BCUT2D eigenvalue weighted by Crippen LogP contribution is 2.34. The van der Waals surface area contributed by atoms with Gasteiger partial charge >= 0.3 is 0 Å². The zero-order valence-electron chi connectivity index (χ0n) is 7.66. The molecule has 1 aliphatic heterocycles. The summed E-state index contributed by atoms with van der Waals surface area (Å²) in [6, 6.07) is 3.90. The predicted molar refractivity (Wildman–Crippen MR) is 59.2 cm³/mol. The van der Waals surface area contributed by atoms with Gasteiger partial charge in [0.1, 0.15) is 17.0 Å². The van der Waals surface area contributed by atoms with Gasteiger partial charge in [-0.25, -0.2) is 4.98 Å². The number of pyridine rings is 1. The Morgan fingerprint density at radius 3 is 3.00 bits per heavy atom. The number of nitrogens with one attached hydrogen (secondary N) is 2. The van der Waals surface area contributed by atoms with Crippen LogP contribution in [-0.4, -0.2) is 16.1 Å². The number of hydrogen-bond donors (Lipinski definition) is 2. The van der Waals surface area contributed by atoms with Crippen LogP contribution in [0, 0.1) is 5.92 Å². The van der Waals surface area contributed by atoms with Gasteiger partial charge in [-0.3, -0.25) is 0 Å². The Bertz CT molecular complexity index is 387. The Hall–Kier alpha value is -1.16. The van der Waals surface area contributed by atoms with Gasteiger partial charge in [0.25, 0.3) is 0 Å². The molecular weight excluding hydrogens is 194 g/mol. The average molecular weight is 205 g/mol. The molecule has 0 radical (unpaired) electrons. The van der Waals surface area contributed by atoms with Crippen LogP contribution in [0.4, 0.5) is 5.82 Å². The predicted octanol–water partition coefficient (Wildman–Crippen LogP) is 1.51. The molecule has 0 saturated heterocycles. The summed E-state index contributed by atoms with van der Waals surface area (Å²) in [4.78, 5) is 5.11. The number of fused-ring (bicyclic) bond motifs is 1. The highest BCUT2D eigenvalue weighted by atomic mass is 32.1. The molecule has 3 nitrogen and oxygen atoms in total. The molecule has 72 valence electrons. The van der Waals surface area contributed by atoms with Crippen molar-refractivity contribution in [3.05, 3.63) is 23.9 Å². The molecule has 0 amide bonds. The average Bonchev–Trinajstić information content (AvgIpc) is 3.01. The van der Waals surface area contributed by atoms with Crippen molar-refractivity contribution < 1.29 is 0 Å². The maximum absolute atomic E-state index is 5.29. The van der Waals surface area contributed by atoms with Gasteiger partial charge in [-0.2, -0.15) is 0 Å². The minimum atomic E-state index is 0.296. The van der Waals surface area contributed by atoms with Gasteiger partial charge in [-0.15, -0.1) is 0 Å². The first-order valence-electron chi connectivity index (χ1n) is 4.87. The number of hydrogen-bond acceptors (Lipinski definition) is 3. The van der Waals surface area contributed by atoms with Crippen LogP contribution >= 0.6 is 12.2 Å². The first kappa shape index (κ1) is 8.17. The van der Waals surface area contributed by atoms with E-state index in [4.69, 9.17) is 12.2 Å². The lowest BCUT2D eigenvalue weighted by Crippen LogP contribution is -2.46. The molecule has 1 aromatic rings. The third-order valence-corrected chi connectivity index (χ3v) is 3.06. The number of nitrogens with zero attached hydrogens (tertiary/aromatic N) is 1. The van der Waals surface area contributed by atoms with Gasteiger partial charge in [-0.05, 0) is 30.9 Å². The van der Waals surface area contributed by atoms with Crippen LogP contribution in [-0.2, 0) is 0 Å². The molecule has 0 spiro atoms. The van der Waals surface area contributed by atoms with Crippen LogP contribution in [0.5, 0.6) is 0 Å². The highest BCUT2D eigenvalue weighted by molar-refractivity contribution is 7.80. The van der Waals surface area contributed by atoms with E-state index in [0.717, 1.165) is 22.3 Å². The minimum Gasteiger partial charge on any atom is -0.356 e. The molecule has 2 aliphatic rings. The quantitative estimate of drug-likeness (QED) is 0.681. The summed E-state index contributed by atoms with van der Waals surface area (Å²) in [5, 5.41) is 6.69. The summed E-state index contributed by atoms with van der Waals surface area (Å²) in [7, 11) is 0. The lowest BCUT2D eigenvalue weighted by Gasteiger charge is -2.28. The van der Waals surface area contributed by atoms with Crippen LogP contribution in [0.2, 0.25) is 0 Å². The molecule has 1 fully saturated rings. The fourth-order valence-corrected chi connectivity index (χ4v) is 2.06. The normalized spacial score (nSPS) is 24.9.